The molecule has 0 bridgehead atoms. The SMILES string of the molecule is CCOc1ccc(OCC)c(NC(=O)COc2ccc3c(=O)c(-c4ccccc4)coc3c2)c1. The summed E-state index contributed by atoms with van der Waals surface area (Å²) in [6, 6.07) is 19.5. The van der Waals surface area contributed by atoms with Crippen LogP contribution in [-0.4, -0.2) is 25.7 Å². The van der Waals surface area contributed by atoms with Gasteiger partial charge in [0, 0.05) is 12.1 Å². The van der Waals surface area contributed by atoms with Gasteiger partial charge in [0.15, 0.2) is 12.0 Å². The lowest BCUT2D eigenvalue weighted by molar-refractivity contribution is -0.118. The third-order valence-electron chi connectivity index (χ3n) is 5.04. The minimum Gasteiger partial charge on any atom is -0.494 e. The molecule has 1 N–H and O–H groups in total. The Labute approximate surface area is 196 Å². The van der Waals surface area contributed by atoms with Gasteiger partial charge in [-0.25, -0.2) is 0 Å². The standard InChI is InChI=1S/C27H25NO6/c1-3-31-19-11-13-24(32-4-2)23(14-19)28-26(29)17-33-20-10-12-21-25(15-20)34-16-22(27(21)30)18-8-6-5-7-9-18/h5-16H,3-4,17H2,1-2H3,(H,28,29). The van der Waals surface area contributed by atoms with Crippen LogP contribution in [0.4, 0.5) is 5.69 Å². The van der Waals surface area contributed by atoms with E-state index in [1.54, 1.807) is 36.4 Å². The molecule has 0 saturated heterocycles. The summed E-state index contributed by atoms with van der Waals surface area (Å²) in [5, 5.41) is 3.23. The van der Waals surface area contributed by atoms with Crippen LogP contribution in [0.25, 0.3) is 22.1 Å². The molecule has 0 radical (unpaired) electrons. The van der Waals surface area contributed by atoms with E-state index in [1.165, 1.54) is 6.26 Å². The number of ether oxygens (including phenoxy) is 3. The second-order valence-electron chi connectivity index (χ2n) is 7.36. The van der Waals surface area contributed by atoms with Crippen molar-refractivity contribution < 1.29 is 23.4 Å². The molecule has 4 aromatic rings. The molecule has 7 nitrogen and oxygen atoms in total. The number of hydrogen-bond acceptors (Lipinski definition) is 6. The third kappa shape index (κ3) is 5.20. The zero-order valence-corrected chi connectivity index (χ0v) is 19.0. The zero-order chi connectivity index (χ0) is 23.9. The third-order valence-corrected chi connectivity index (χ3v) is 5.04. The number of amides is 1. The summed E-state index contributed by atoms with van der Waals surface area (Å²) in [6.45, 7) is 4.49. The molecule has 0 saturated carbocycles. The molecule has 34 heavy (non-hydrogen) atoms. The van der Waals surface area contributed by atoms with Gasteiger partial charge >= 0.3 is 0 Å². The maximum absolute atomic E-state index is 12.9. The van der Waals surface area contributed by atoms with Crippen LogP contribution in [0.3, 0.4) is 0 Å². The number of hydrogen-bond donors (Lipinski definition) is 1. The summed E-state index contributed by atoms with van der Waals surface area (Å²) in [6.07, 6.45) is 1.44. The fourth-order valence-corrected chi connectivity index (χ4v) is 3.50. The van der Waals surface area contributed by atoms with Crippen LogP contribution < -0.4 is 25.0 Å². The average molecular weight is 459 g/mol. The number of nitrogens with one attached hydrogen (secondary N) is 1. The Morgan fingerprint density at radius 3 is 2.38 bits per heavy atom. The van der Waals surface area contributed by atoms with Crippen LogP contribution in [0.2, 0.25) is 0 Å². The molecule has 3 aromatic carbocycles. The highest BCUT2D eigenvalue weighted by molar-refractivity contribution is 5.93. The Bertz CT molecular complexity index is 1350. The first kappa shape index (κ1) is 22.9. The first-order valence-electron chi connectivity index (χ1n) is 11.0. The molecular formula is C27H25NO6. The fourth-order valence-electron chi connectivity index (χ4n) is 3.50. The predicted octanol–water partition coefficient (Wildman–Crippen LogP) is 5.27. The minimum absolute atomic E-state index is 0.130. The quantitative estimate of drug-likeness (QED) is 0.367. The number of carbonyl (C=O) groups excluding carboxylic acids is 1. The minimum atomic E-state index is -0.365. The number of benzene rings is 3. The summed E-state index contributed by atoms with van der Waals surface area (Å²) in [5.41, 5.74) is 2.02. The highest BCUT2D eigenvalue weighted by Gasteiger charge is 2.13. The highest BCUT2D eigenvalue weighted by Crippen LogP contribution is 2.29. The smallest absolute Gasteiger partial charge is 0.262 e. The van der Waals surface area contributed by atoms with Crippen molar-refractivity contribution in [1.82, 2.24) is 0 Å². The Morgan fingerprint density at radius 1 is 0.882 bits per heavy atom. The van der Waals surface area contributed by atoms with Crippen LogP contribution in [0.1, 0.15) is 13.8 Å². The van der Waals surface area contributed by atoms with Crippen molar-refractivity contribution in [3.63, 3.8) is 0 Å². The van der Waals surface area contributed by atoms with Crippen LogP contribution >= 0.6 is 0 Å². The fraction of sp³-hybridized carbons (Fsp3) is 0.185. The molecule has 0 atom stereocenters. The number of fused-ring (bicyclic) bond motifs is 1. The molecule has 7 heteroatoms. The van der Waals surface area contributed by atoms with E-state index in [9.17, 15) is 9.59 Å². The Balaban J connectivity index is 1.47. The summed E-state index contributed by atoms with van der Waals surface area (Å²) in [4.78, 5) is 25.4. The van der Waals surface area contributed by atoms with Crippen LogP contribution in [0.5, 0.6) is 17.2 Å². The molecular weight excluding hydrogens is 434 g/mol. The lowest BCUT2D eigenvalue weighted by Crippen LogP contribution is -2.20. The topological polar surface area (TPSA) is 87.0 Å². The molecule has 4 rings (SSSR count). The summed E-state index contributed by atoms with van der Waals surface area (Å²) < 4.78 is 22.4. The normalized spacial score (nSPS) is 10.6. The van der Waals surface area contributed by atoms with Gasteiger partial charge in [0.25, 0.3) is 5.91 Å². The monoisotopic (exact) mass is 459 g/mol. The molecule has 174 valence electrons. The first-order valence-corrected chi connectivity index (χ1v) is 11.0. The van der Waals surface area contributed by atoms with Gasteiger partial charge in [0.1, 0.15) is 29.1 Å². The number of anilines is 1. The van der Waals surface area contributed by atoms with Gasteiger partial charge < -0.3 is 23.9 Å². The number of rotatable bonds is 9. The zero-order valence-electron chi connectivity index (χ0n) is 19.0. The van der Waals surface area contributed by atoms with Crippen molar-refractivity contribution in [2.75, 3.05) is 25.1 Å². The van der Waals surface area contributed by atoms with Crippen molar-refractivity contribution in [1.29, 1.82) is 0 Å². The Kier molecular flexibility index (Phi) is 7.13. The Hall–Kier alpha value is -4.26. The van der Waals surface area contributed by atoms with Crippen LogP contribution in [0, 0.1) is 0 Å². The van der Waals surface area contributed by atoms with E-state index < -0.39 is 0 Å². The Morgan fingerprint density at radius 2 is 1.62 bits per heavy atom. The van der Waals surface area contributed by atoms with Gasteiger partial charge in [-0.2, -0.15) is 0 Å². The molecule has 0 fully saturated rings. The van der Waals surface area contributed by atoms with Gasteiger partial charge in [0.2, 0.25) is 0 Å². The van der Waals surface area contributed by atoms with Gasteiger partial charge in [-0.3, -0.25) is 9.59 Å². The van der Waals surface area contributed by atoms with Crippen molar-refractivity contribution in [2.24, 2.45) is 0 Å². The summed E-state index contributed by atoms with van der Waals surface area (Å²) in [7, 11) is 0. The molecule has 1 amide bonds. The molecule has 0 spiro atoms. The second kappa shape index (κ2) is 10.6. The van der Waals surface area contributed by atoms with E-state index in [1.807, 2.05) is 44.2 Å². The van der Waals surface area contributed by atoms with Gasteiger partial charge in [-0.15, -0.1) is 0 Å². The van der Waals surface area contributed by atoms with Crippen molar-refractivity contribution >= 4 is 22.6 Å². The van der Waals surface area contributed by atoms with E-state index >= 15 is 0 Å². The lowest BCUT2D eigenvalue weighted by atomic mass is 10.1. The van der Waals surface area contributed by atoms with Gasteiger partial charge in [0.05, 0.1) is 29.9 Å². The van der Waals surface area contributed by atoms with Gasteiger partial charge in [-0.1, -0.05) is 30.3 Å². The maximum atomic E-state index is 12.9. The molecule has 1 heterocycles. The van der Waals surface area contributed by atoms with E-state index in [4.69, 9.17) is 18.6 Å². The van der Waals surface area contributed by atoms with Crippen LogP contribution in [0.15, 0.2) is 82.2 Å². The molecule has 0 aliphatic rings. The summed E-state index contributed by atoms with van der Waals surface area (Å²) in [5.74, 6) is 1.21. The largest absolute Gasteiger partial charge is 0.494 e. The van der Waals surface area contributed by atoms with Crippen molar-refractivity contribution in [3.8, 4) is 28.4 Å². The van der Waals surface area contributed by atoms with Crippen LogP contribution in [-0.2, 0) is 4.79 Å². The van der Waals surface area contributed by atoms with E-state index in [-0.39, 0.29) is 17.9 Å². The highest BCUT2D eigenvalue weighted by atomic mass is 16.5. The van der Waals surface area contributed by atoms with Crippen molar-refractivity contribution in [2.45, 2.75) is 13.8 Å². The first-order chi connectivity index (χ1) is 16.6. The summed E-state index contributed by atoms with van der Waals surface area (Å²) >= 11 is 0. The van der Waals surface area contributed by atoms with Gasteiger partial charge in [-0.05, 0) is 43.7 Å². The molecule has 1 aromatic heterocycles. The lowest BCUT2D eigenvalue weighted by Gasteiger charge is -2.14. The average Bonchev–Trinajstić information content (AvgIpc) is 2.85. The molecule has 0 aliphatic heterocycles. The molecule has 0 unspecified atom stereocenters. The molecule has 0 aliphatic carbocycles. The maximum Gasteiger partial charge on any atom is 0.262 e. The van der Waals surface area contributed by atoms with E-state index in [2.05, 4.69) is 5.32 Å². The number of carbonyl (C=O) groups is 1. The van der Waals surface area contributed by atoms with E-state index in [0.717, 1.165) is 5.56 Å². The van der Waals surface area contributed by atoms with Crippen molar-refractivity contribution in [3.05, 3.63) is 83.2 Å². The second-order valence-corrected chi connectivity index (χ2v) is 7.36. The van der Waals surface area contributed by atoms with E-state index in [0.29, 0.717) is 52.7 Å². The predicted molar refractivity (Wildman–Crippen MR) is 131 cm³/mol.